The lowest BCUT2D eigenvalue weighted by molar-refractivity contribution is 0.489. The molecule has 0 amide bonds. The van der Waals surface area contributed by atoms with E-state index in [1.165, 1.54) is 28.7 Å². The van der Waals surface area contributed by atoms with Gasteiger partial charge in [-0.25, -0.2) is 0 Å². The van der Waals surface area contributed by atoms with Gasteiger partial charge in [-0.3, -0.25) is 0 Å². The molecule has 1 unspecified atom stereocenters. The smallest absolute Gasteiger partial charge is 0.0621 e. The van der Waals surface area contributed by atoms with Crippen molar-refractivity contribution in [3.05, 3.63) is 104 Å². The molecule has 0 spiro atoms. The van der Waals surface area contributed by atoms with Crippen molar-refractivity contribution in [2.45, 2.75) is 73.1 Å². The van der Waals surface area contributed by atoms with Crippen LogP contribution in [-0.2, 0) is 5.41 Å². The van der Waals surface area contributed by atoms with Crippen molar-refractivity contribution in [2.75, 3.05) is 0 Å². The minimum Gasteiger partial charge on any atom is -0.0827 e. The normalized spacial score (nSPS) is 15.9. The highest BCUT2D eigenvalue weighted by Crippen LogP contribution is 2.46. The maximum atomic E-state index is 5.75. The Morgan fingerprint density at radius 2 is 1.35 bits per heavy atom. The van der Waals surface area contributed by atoms with Crippen LogP contribution in [0.5, 0.6) is 0 Å². The first-order chi connectivity index (χ1) is 14.4. The molecule has 1 aliphatic carbocycles. The van der Waals surface area contributed by atoms with E-state index in [4.69, 9.17) is 23.2 Å². The Hall–Kier alpha value is -1.76. The first kappa shape index (κ1) is 25.5. The monoisotopic (exact) mass is 454 g/mol. The van der Waals surface area contributed by atoms with E-state index in [0.29, 0.717) is 15.5 Å². The Bertz CT molecular complexity index is 1010. The molecule has 0 aromatic heterocycles. The lowest BCUT2D eigenvalue weighted by atomic mass is 9.86. The highest BCUT2D eigenvalue weighted by Gasteiger charge is 2.34. The van der Waals surface area contributed by atoms with Crippen LogP contribution in [0.15, 0.2) is 54.6 Å². The highest BCUT2D eigenvalue weighted by molar-refractivity contribution is 6.42. The van der Waals surface area contributed by atoms with Gasteiger partial charge in [-0.05, 0) is 91.8 Å². The lowest BCUT2D eigenvalue weighted by Crippen LogP contribution is -2.11. The fourth-order valence-electron chi connectivity index (χ4n) is 4.41. The summed E-state index contributed by atoms with van der Waals surface area (Å²) in [7, 11) is 0. The summed E-state index contributed by atoms with van der Waals surface area (Å²) in [6.45, 7) is 17.6. The van der Waals surface area contributed by atoms with Gasteiger partial charge in [0.15, 0.2) is 0 Å². The third-order valence-electron chi connectivity index (χ3n) is 6.17. The van der Waals surface area contributed by atoms with Crippen LogP contribution in [0.2, 0.25) is 10.0 Å². The van der Waals surface area contributed by atoms with E-state index in [-0.39, 0.29) is 0 Å². The predicted octanol–water partition coefficient (Wildman–Crippen LogP) is 9.69. The molecule has 0 aliphatic heterocycles. The van der Waals surface area contributed by atoms with Crippen LogP contribution < -0.4 is 0 Å². The molecule has 0 nitrogen and oxygen atoms in total. The quantitative estimate of drug-likeness (QED) is 0.316. The molecule has 0 fully saturated rings. The average molecular weight is 456 g/mol. The van der Waals surface area contributed by atoms with Gasteiger partial charge < -0.3 is 0 Å². The second-order valence-corrected chi connectivity index (χ2v) is 10.3. The first-order valence-electron chi connectivity index (χ1n) is 11.0. The molecule has 0 radical (unpaired) electrons. The van der Waals surface area contributed by atoms with E-state index in [9.17, 15) is 0 Å². The van der Waals surface area contributed by atoms with Crippen molar-refractivity contribution in [1.29, 1.82) is 0 Å². The summed E-state index contributed by atoms with van der Waals surface area (Å²) < 4.78 is 0. The summed E-state index contributed by atoms with van der Waals surface area (Å²) >= 11 is 11.4. The van der Waals surface area contributed by atoms with Gasteiger partial charge in [0.1, 0.15) is 0 Å². The van der Waals surface area contributed by atoms with Crippen LogP contribution in [0.3, 0.4) is 0 Å². The van der Waals surface area contributed by atoms with Crippen LogP contribution >= 0.6 is 23.2 Å². The van der Waals surface area contributed by atoms with Crippen LogP contribution in [0, 0.1) is 34.6 Å². The van der Waals surface area contributed by atoms with Gasteiger partial charge in [-0.2, -0.15) is 0 Å². The molecule has 3 aromatic rings. The van der Waals surface area contributed by atoms with Crippen molar-refractivity contribution in [3.63, 3.8) is 0 Å². The molecule has 4 rings (SSSR count). The molecule has 0 heterocycles. The van der Waals surface area contributed by atoms with Gasteiger partial charge in [-0.1, -0.05) is 98.1 Å². The van der Waals surface area contributed by atoms with Crippen LogP contribution in [0.4, 0.5) is 0 Å². The van der Waals surface area contributed by atoms with E-state index in [0.717, 1.165) is 11.5 Å². The third kappa shape index (κ3) is 6.61. The minimum absolute atomic E-state index is 0.390. The Balaban J connectivity index is 0.000000170. The van der Waals surface area contributed by atoms with E-state index < -0.39 is 0 Å². The second kappa shape index (κ2) is 10.7. The molecule has 0 bridgehead atoms. The Morgan fingerprint density at radius 1 is 0.742 bits per heavy atom. The van der Waals surface area contributed by atoms with Crippen molar-refractivity contribution in [1.82, 2.24) is 0 Å². The first-order valence-corrected chi connectivity index (χ1v) is 11.7. The minimum atomic E-state index is 0.390. The topological polar surface area (TPSA) is 0 Å². The SMILES string of the molecule is Cc1ccc(C)c(C)c1.Cc1cccc(Cl)c1Cl.Cc1cccc2c1C(C)CC2(C)C. The molecular weight excluding hydrogens is 419 g/mol. The van der Waals surface area contributed by atoms with Crippen molar-refractivity contribution in [3.8, 4) is 0 Å². The highest BCUT2D eigenvalue weighted by atomic mass is 35.5. The number of hydrogen-bond acceptors (Lipinski definition) is 0. The Kier molecular flexibility index (Phi) is 8.81. The van der Waals surface area contributed by atoms with Crippen molar-refractivity contribution >= 4 is 23.2 Å². The molecule has 2 heteroatoms. The van der Waals surface area contributed by atoms with Crippen LogP contribution in [-0.4, -0.2) is 0 Å². The van der Waals surface area contributed by atoms with Crippen LogP contribution in [0.25, 0.3) is 0 Å². The molecule has 0 saturated carbocycles. The summed E-state index contributed by atoms with van der Waals surface area (Å²) in [5.41, 5.74) is 10.2. The van der Waals surface area contributed by atoms with Gasteiger partial charge in [0.25, 0.3) is 0 Å². The maximum Gasteiger partial charge on any atom is 0.0621 e. The number of halogens is 2. The fraction of sp³-hybridized carbons (Fsp3) is 0.379. The average Bonchev–Trinajstić information content (AvgIpc) is 2.94. The summed E-state index contributed by atoms with van der Waals surface area (Å²) in [5, 5.41) is 1.27. The zero-order chi connectivity index (χ0) is 23.3. The lowest BCUT2D eigenvalue weighted by Gasteiger charge is -2.18. The fourth-order valence-corrected chi connectivity index (χ4v) is 4.75. The molecule has 0 saturated heterocycles. The van der Waals surface area contributed by atoms with Crippen molar-refractivity contribution in [2.24, 2.45) is 0 Å². The Morgan fingerprint density at radius 3 is 1.87 bits per heavy atom. The second-order valence-electron chi connectivity index (χ2n) is 9.48. The van der Waals surface area contributed by atoms with Gasteiger partial charge in [0.2, 0.25) is 0 Å². The summed E-state index contributed by atoms with van der Waals surface area (Å²) in [6, 6.07) is 18.8. The molecule has 1 atom stereocenters. The maximum absolute atomic E-state index is 5.75. The van der Waals surface area contributed by atoms with Gasteiger partial charge in [-0.15, -0.1) is 0 Å². The number of rotatable bonds is 0. The zero-order valence-electron chi connectivity index (χ0n) is 20.2. The van der Waals surface area contributed by atoms with Gasteiger partial charge in [0, 0.05) is 0 Å². The number of hydrogen-bond donors (Lipinski definition) is 0. The zero-order valence-corrected chi connectivity index (χ0v) is 21.7. The van der Waals surface area contributed by atoms with E-state index in [1.807, 2.05) is 19.1 Å². The summed E-state index contributed by atoms with van der Waals surface area (Å²) in [6.07, 6.45) is 1.30. The third-order valence-corrected chi connectivity index (χ3v) is 7.08. The van der Waals surface area contributed by atoms with Crippen molar-refractivity contribution < 1.29 is 0 Å². The summed E-state index contributed by atoms with van der Waals surface area (Å²) in [5.74, 6) is 0.742. The van der Waals surface area contributed by atoms with E-state index >= 15 is 0 Å². The van der Waals surface area contributed by atoms with E-state index in [1.54, 1.807) is 17.2 Å². The van der Waals surface area contributed by atoms with Gasteiger partial charge >= 0.3 is 0 Å². The van der Waals surface area contributed by atoms with E-state index in [2.05, 4.69) is 84.9 Å². The number of aryl methyl sites for hydroxylation is 5. The summed E-state index contributed by atoms with van der Waals surface area (Å²) in [4.78, 5) is 0. The van der Waals surface area contributed by atoms with Crippen LogP contribution in [0.1, 0.15) is 72.1 Å². The van der Waals surface area contributed by atoms with Gasteiger partial charge in [0.05, 0.1) is 10.0 Å². The predicted molar refractivity (Wildman–Crippen MR) is 139 cm³/mol. The molecule has 3 aromatic carbocycles. The largest absolute Gasteiger partial charge is 0.0827 e. The molecule has 166 valence electrons. The molecule has 0 N–H and O–H groups in total. The Labute approximate surface area is 199 Å². The molecule has 31 heavy (non-hydrogen) atoms. The molecular formula is C29H36Cl2. The molecule has 1 aliphatic rings. The standard InChI is InChI=1S/C13H18.C9H12.C7H6Cl2/c1-9-6-5-7-11-12(9)10(2)8-13(11,3)4;1-7-4-5-8(2)9(3)6-7;1-5-3-2-4-6(8)7(5)9/h5-7,10H,8H2,1-4H3;4-6H,1-3H3;2-4H,1H3. The number of benzene rings is 3. The number of fused-ring (bicyclic) bond motifs is 1.